The Morgan fingerprint density at radius 1 is 0.895 bits per heavy atom. The number of halogens is 2. The summed E-state index contributed by atoms with van der Waals surface area (Å²) in [6.07, 6.45) is 0. The molecule has 0 saturated heterocycles. The van der Waals surface area contributed by atoms with Crippen LogP contribution in [0.5, 0.6) is 0 Å². The van der Waals surface area contributed by atoms with E-state index in [4.69, 9.17) is 0 Å². The van der Waals surface area contributed by atoms with Gasteiger partial charge in [-0.3, -0.25) is 0 Å². The predicted molar refractivity (Wildman–Crippen MR) is 82.6 cm³/mol. The molecule has 1 unspecified atom stereocenters. The number of benzene rings is 2. The fourth-order valence-corrected chi connectivity index (χ4v) is 3.68. The number of aryl methyl sites for hydroxylation is 4. The summed E-state index contributed by atoms with van der Waals surface area (Å²) < 4.78 is 14.0. The second kappa shape index (κ2) is 5.46. The Morgan fingerprint density at radius 3 is 2.05 bits per heavy atom. The molecule has 0 N–H and O–H groups in total. The monoisotopic (exact) mass is 320 g/mol. The van der Waals surface area contributed by atoms with Gasteiger partial charge in [0.15, 0.2) is 0 Å². The van der Waals surface area contributed by atoms with E-state index in [0.29, 0.717) is 5.56 Å². The Hall–Kier alpha value is -1.15. The second-order valence-corrected chi connectivity index (χ2v) is 6.12. The summed E-state index contributed by atoms with van der Waals surface area (Å²) in [7, 11) is 0. The zero-order valence-electron chi connectivity index (χ0n) is 11.7. The van der Waals surface area contributed by atoms with Gasteiger partial charge in [-0.1, -0.05) is 51.3 Å². The Bertz CT molecular complexity index is 594. The zero-order valence-corrected chi connectivity index (χ0v) is 13.3. The summed E-state index contributed by atoms with van der Waals surface area (Å²) in [5.41, 5.74) is 6.57. The van der Waals surface area contributed by atoms with E-state index in [1.807, 2.05) is 13.0 Å². The number of rotatable bonds is 2. The molecule has 0 spiro atoms. The van der Waals surface area contributed by atoms with Gasteiger partial charge < -0.3 is 0 Å². The van der Waals surface area contributed by atoms with Gasteiger partial charge in [-0.05, 0) is 50.5 Å². The Kier molecular flexibility index (Phi) is 4.10. The molecule has 0 saturated carbocycles. The van der Waals surface area contributed by atoms with Crippen molar-refractivity contribution in [3.8, 4) is 0 Å². The molecule has 0 heterocycles. The minimum atomic E-state index is -0.160. The normalized spacial score (nSPS) is 12.5. The molecule has 0 radical (unpaired) electrons. The minimum absolute atomic E-state index is 0.104. The summed E-state index contributed by atoms with van der Waals surface area (Å²) >= 11 is 3.67. The van der Waals surface area contributed by atoms with Crippen molar-refractivity contribution in [1.29, 1.82) is 0 Å². The Balaban J connectivity index is 2.56. The third-order valence-electron chi connectivity index (χ3n) is 3.42. The maximum absolute atomic E-state index is 14.0. The van der Waals surface area contributed by atoms with Crippen molar-refractivity contribution in [2.45, 2.75) is 32.5 Å². The third-order valence-corrected chi connectivity index (χ3v) is 4.37. The molecule has 100 valence electrons. The van der Waals surface area contributed by atoms with Crippen LogP contribution >= 0.6 is 15.9 Å². The van der Waals surface area contributed by atoms with E-state index in [0.717, 1.165) is 11.1 Å². The van der Waals surface area contributed by atoms with Crippen molar-refractivity contribution in [1.82, 2.24) is 0 Å². The first-order valence-electron chi connectivity index (χ1n) is 6.38. The van der Waals surface area contributed by atoms with Gasteiger partial charge in [0.2, 0.25) is 0 Å². The molecule has 0 amide bonds. The maximum atomic E-state index is 14.0. The molecule has 0 aromatic heterocycles. The first-order chi connectivity index (χ1) is 8.90. The lowest BCUT2D eigenvalue weighted by Crippen LogP contribution is -2.02. The van der Waals surface area contributed by atoms with Crippen molar-refractivity contribution in [2.24, 2.45) is 0 Å². The molecule has 2 heteroatoms. The van der Waals surface area contributed by atoms with Crippen LogP contribution in [0.1, 0.15) is 38.2 Å². The van der Waals surface area contributed by atoms with Crippen molar-refractivity contribution >= 4 is 15.9 Å². The molecule has 0 nitrogen and oxygen atoms in total. The molecule has 0 aliphatic rings. The average molecular weight is 321 g/mol. The topological polar surface area (TPSA) is 0 Å². The highest BCUT2D eigenvalue weighted by molar-refractivity contribution is 9.09. The number of alkyl halides is 1. The summed E-state index contributed by atoms with van der Waals surface area (Å²) in [5.74, 6) is -0.160. The van der Waals surface area contributed by atoms with E-state index < -0.39 is 0 Å². The van der Waals surface area contributed by atoms with Gasteiger partial charge in [-0.2, -0.15) is 0 Å². The highest BCUT2D eigenvalue weighted by Crippen LogP contribution is 2.37. The molecule has 0 fully saturated rings. The molecule has 2 aromatic carbocycles. The van der Waals surface area contributed by atoms with E-state index in [1.165, 1.54) is 22.8 Å². The van der Waals surface area contributed by atoms with Gasteiger partial charge in [-0.25, -0.2) is 4.39 Å². The molecular formula is C17H18BrF. The van der Waals surface area contributed by atoms with Crippen molar-refractivity contribution in [3.05, 3.63) is 69.5 Å². The molecule has 0 aliphatic heterocycles. The largest absolute Gasteiger partial charge is 0.207 e. The Morgan fingerprint density at radius 2 is 1.47 bits per heavy atom. The average Bonchev–Trinajstić information content (AvgIpc) is 2.30. The summed E-state index contributed by atoms with van der Waals surface area (Å²) in [6, 6.07) is 9.53. The molecule has 0 aliphatic carbocycles. The fourth-order valence-electron chi connectivity index (χ4n) is 2.60. The van der Waals surface area contributed by atoms with Crippen LogP contribution in [0.25, 0.3) is 0 Å². The highest BCUT2D eigenvalue weighted by atomic mass is 79.9. The van der Waals surface area contributed by atoms with E-state index in [9.17, 15) is 4.39 Å². The van der Waals surface area contributed by atoms with Crippen LogP contribution in [0.3, 0.4) is 0 Å². The zero-order chi connectivity index (χ0) is 14.2. The lowest BCUT2D eigenvalue weighted by Gasteiger charge is -2.18. The smallest absolute Gasteiger partial charge is 0.127 e. The van der Waals surface area contributed by atoms with Crippen LogP contribution < -0.4 is 0 Å². The van der Waals surface area contributed by atoms with Gasteiger partial charge in [0.05, 0.1) is 4.83 Å². The SMILES string of the molecule is Cc1cc(C)c(C(Br)c2cc(C)ccc2F)c(C)c1. The summed E-state index contributed by atoms with van der Waals surface area (Å²) in [4.78, 5) is -0.104. The maximum Gasteiger partial charge on any atom is 0.127 e. The first kappa shape index (κ1) is 14.3. The lowest BCUT2D eigenvalue weighted by atomic mass is 9.93. The first-order valence-corrected chi connectivity index (χ1v) is 7.29. The lowest BCUT2D eigenvalue weighted by molar-refractivity contribution is 0.612. The number of hydrogen-bond acceptors (Lipinski definition) is 0. The number of hydrogen-bond donors (Lipinski definition) is 0. The Labute approximate surface area is 122 Å². The van der Waals surface area contributed by atoms with Crippen LogP contribution in [0, 0.1) is 33.5 Å². The van der Waals surface area contributed by atoms with E-state index in [-0.39, 0.29) is 10.6 Å². The molecular weight excluding hydrogens is 303 g/mol. The van der Waals surface area contributed by atoms with Gasteiger partial charge in [0.25, 0.3) is 0 Å². The van der Waals surface area contributed by atoms with E-state index >= 15 is 0 Å². The van der Waals surface area contributed by atoms with Crippen LogP contribution in [0.15, 0.2) is 30.3 Å². The van der Waals surface area contributed by atoms with Gasteiger partial charge in [0, 0.05) is 5.56 Å². The van der Waals surface area contributed by atoms with Gasteiger partial charge in [-0.15, -0.1) is 0 Å². The standard InChI is InChI=1S/C17H18BrF/c1-10-5-6-15(19)14(9-10)17(18)16-12(3)7-11(2)8-13(16)4/h5-9,17H,1-4H3. The van der Waals surface area contributed by atoms with Gasteiger partial charge >= 0.3 is 0 Å². The quantitative estimate of drug-likeness (QED) is 0.637. The van der Waals surface area contributed by atoms with Crippen molar-refractivity contribution in [3.63, 3.8) is 0 Å². The van der Waals surface area contributed by atoms with E-state index in [2.05, 4.69) is 48.8 Å². The van der Waals surface area contributed by atoms with Gasteiger partial charge in [0.1, 0.15) is 5.82 Å². The molecule has 1 atom stereocenters. The molecule has 0 bridgehead atoms. The summed E-state index contributed by atoms with van der Waals surface area (Å²) in [6.45, 7) is 8.23. The molecule has 2 rings (SSSR count). The summed E-state index contributed by atoms with van der Waals surface area (Å²) in [5, 5.41) is 0. The molecule has 19 heavy (non-hydrogen) atoms. The third kappa shape index (κ3) is 2.89. The fraction of sp³-hybridized carbons (Fsp3) is 0.294. The van der Waals surface area contributed by atoms with Crippen LogP contribution in [0.2, 0.25) is 0 Å². The van der Waals surface area contributed by atoms with Crippen molar-refractivity contribution < 1.29 is 4.39 Å². The highest BCUT2D eigenvalue weighted by Gasteiger charge is 2.19. The van der Waals surface area contributed by atoms with Crippen LogP contribution in [0.4, 0.5) is 4.39 Å². The molecule has 2 aromatic rings. The van der Waals surface area contributed by atoms with E-state index in [1.54, 1.807) is 6.07 Å². The van der Waals surface area contributed by atoms with Crippen LogP contribution in [-0.2, 0) is 0 Å². The predicted octanol–water partition coefficient (Wildman–Crippen LogP) is 5.54. The van der Waals surface area contributed by atoms with Crippen LogP contribution in [-0.4, -0.2) is 0 Å². The minimum Gasteiger partial charge on any atom is -0.207 e. The second-order valence-electron chi connectivity index (χ2n) is 5.20. The van der Waals surface area contributed by atoms with Crippen molar-refractivity contribution in [2.75, 3.05) is 0 Å².